The van der Waals surface area contributed by atoms with Crippen LogP contribution in [0.1, 0.15) is 72.8 Å². The zero-order valence-corrected chi connectivity index (χ0v) is 23.7. The first-order valence-corrected chi connectivity index (χ1v) is 16.2. The molecule has 2 aromatic carbocycles. The highest BCUT2D eigenvalue weighted by atomic mass is 32.2. The van der Waals surface area contributed by atoms with E-state index in [9.17, 15) is 26.4 Å². The molecule has 2 heterocycles. The zero-order chi connectivity index (χ0) is 28.6. The number of rotatable bonds is 7. The number of ketones is 1. The summed E-state index contributed by atoms with van der Waals surface area (Å²) in [6.45, 7) is 0.620. The molecule has 2 fully saturated rings. The van der Waals surface area contributed by atoms with Crippen LogP contribution in [-0.2, 0) is 47.0 Å². The van der Waals surface area contributed by atoms with Crippen molar-refractivity contribution in [2.24, 2.45) is 5.41 Å². The second kappa shape index (κ2) is 9.66. The molecule has 1 atom stereocenters. The maximum absolute atomic E-state index is 14.4. The van der Waals surface area contributed by atoms with E-state index in [1.165, 1.54) is 4.31 Å². The van der Waals surface area contributed by atoms with E-state index in [0.29, 0.717) is 31.5 Å². The molecule has 0 amide bonds. The molecular weight excluding hydrogens is 551 g/mol. The molecule has 41 heavy (non-hydrogen) atoms. The summed E-state index contributed by atoms with van der Waals surface area (Å²) >= 11 is 0. The average molecular weight is 586 g/mol. The number of Topliss-reactive ketones (excluding diaryl/α,β-unsaturated/α-hetero) is 1. The molecule has 1 spiro atoms. The largest absolute Gasteiger partial charge is 0.389 e. The topological polar surface area (TPSA) is 72.3 Å². The minimum Gasteiger partial charge on any atom is -0.332 e. The lowest BCUT2D eigenvalue weighted by molar-refractivity contribution is -0.138. The quantitative estimate of drug-likeness (QED) is 0.367. The monoisotopic (exact) mass is 585 g/mol. The molecule has 0 N–H and O–H groups in total. The molecule has 7 rings (SSSR count). The third-order valence-corrected chi connectivity index (χ3v) is 11.8. The van der Waals surface area contributed by atoms with Gasteiger partial charge in [-0.15, -0.1) is 0 Å². The van der Waals surface area contributed by atoms with Gasteiger partial charge in [-0.2, -0.15) is 17.5 Å². The summed E-state index contributed by atoms with van der Waals surface area (Å²) in [6.07, 6.45) is 0.609. The number of aryl methyl sites for hydroxylation is 1. The highest BCUT2D eigenvalue weighted by molar-refractivity contribution is 7.90. The molecule has 1 aliphatic heterocycles. The number of sulfonamides is 1. The van der Waals surface area contributed by atoms with Crippen LogP contribution in [0.5, 0.6) is 0 Å². The molecule has 1 unspecified atom stereocenters. The van der Waals surface area contributed by atoms with Crippen molar-refractivity contribution in [3.63, 3.8) is 0 Å². The number of hydrogen-bond donors (Lipinski definition) is 0. The molecule has 3 aromatic rings. The maximum atomic E-state index is 14.4. The predicted octanol–water partition coefficient (Wildman–Crippen LogP) is 5.50. The van der Waals surface area contributed by atoms with Crippen LogP contribution < -0.4 is 0 Å². The molecule has 0 radical (unpaired) electrons. The van der Waals surface area contributed by atoms with Gasteiger partial charge >= 0.3 is 6.18 Å². The van der Waals surface area contributed by atoms with Gasteiger partial charge in [0.2, 0.25) is 10.0 Å². The molecule has 0 bridgehead atoms. The normalized spacial score (nSPS) is 22.5. The van der Waals surface area contributed by atoms with Gasteiger partial charge in [-0.05, 0) is 73.3 Å². The van der Waals surface area contributed by atoms with Gasteiger partial charge in [0.1, 0.15) is 11.6 Å². The van der Waals surface area contributed by atoms with Crippen LogP contribution in [0.25, 0.3) is 10.8 Å². The third kappa shape index (κ3) is 4.80. The van der Waals surface area contributed by atoms with Gasteiger partial charge in [0.15, 0.2) is 0 Å². The second-order valence-electron chi connectivity index (χ2n) is 12.5. The zero-order valence-electron chi connectivity index (χ0n) is 22.9. The molecule has 3 aliphatic carbocycles. The SMILES string of the molecule is O=C1C(Cc2nc3c(n2CCCC(F)(F)F)CCCC3)c2cc3ccccc3cc2CC12CN(S(=O)(=O)C1CC1)C2. The Morgan fingerprint density at radius 2 is 1.73 bits per heavy atom. The van der Waals surface area contributed by atoms with E-state index in [-0.39, 0.29) is 37.1 Å². The summed E-state index contributed by atoms with van der Waals surface area (Å²) in [5.41, 5.74) is 3.16. The molecular formula is C31H34F3N3O3S. The van der Waals surface area contributed by atoms with E-state index in [4.69, 9.17) is 4.98 Å². The molecule has 6 nitrogen and oxygen atoms in total. The summed E-state index contributed by atoms with van der Waals surface area (Å²) in [4.78, 5) is 19.3. The fourth-order valence-corrected chi connectivity index (χ4v) is 9.31. The minimum absolute atomic E-state index is 0.0307. The van der Waals surface area contributed by atoms with Crippen molar-refractivity contribution in [2.75, 3.05) is 13.1 Å². The number of carbonyl (C=O) groups is 1. The summed E-state index contributed by atoms with van der Waals surface area (Å²) in [5, 5.41) is 1.78. The van der Waals surface area contributed by atoms with E-state index in [1.807, 2.05) is 28.8 Å². The van der Waals surface area contributed by atoms with Crippen molar-refractivity contribution in [1.29, 1.82) is 0 Å². The lowest BCUT2D eigenvalue weighted by Crippen LogP contribution is -2.65. The van der Waals surface area contributed by atoms with Crippen LogP contribution in [-0.4, -0.2) is 52.6 Å². The minimum atomic E-state index is -4.22. The molecule has 218 valence electrons. The number of alkyl halides is 3. The number of aromatic nitrogens is 2. The van der Waals surface area contributed by atoms with Crippen molar-refractivity contribution in [1.82, 2.24) is 13.9 Å². The predicted molar refractivity (Wildman–Crippen MR) is 149 cm³/mol. The number of hydrogen-bond acceptors (Lipinski definition) is 4. The fraction of sp³-hybridized carbons (Fsp3) is 0.548. The first kappa shape index (κ1) is 27.1. The average Bonchev–Trinajstić information content (AvgIpc) is 3.71. The van der Waals surface area contributed by atoms with Crippen molar-refractivity contribution in [2.45, 2.75) is 88.1 Å². The Bertz CT molecular complexity index is 1640. The summed E-state index contributed by atoms with van der Waals surface area (Å²) in [6, 6.07) is 12.2. The number of carbonyl (C=O) groups excluding carboxylic acids is 1. The van der Waals surface area contributed by atoms with Gasteiger partial charge in [0.05, 0.1) is 22.3 Å². The third-order valence-electron chi connectivity index (χ3n) is 9.55. The van der Waals surface area contributed by atoms with Crippen molar-refractivity contribution >= 4 is 26.6 Å². The van der Waals surface area contributed by atoms with Crippen LogP contribution in [0.4, 0.5) is 13.2 Å². The maximum Gasteiger partial charge on any atom is 0.389 e. The first-order chi connectivity index (χ1) is 19.5. The smallest absolute Gasteiger partial charge is 0.332 e. The molecule has 1 aromatic heterocycles. The van der Waals surface area contributed by atoms with E-state index in [0.717, 1.165) is 59.0 Å². The Kier molecular flexibility index (Phi) is 6.39. The standard InChI is InChI=1S/C31H34F3N3O3S/c32-31(33,34)12-5-13-37-27-9-4-3-8-26(27)35-28(37)16-25-24-15-21-7-2-1-6-20(21)14-22(24)17-30(29(25)38)18-36(19-30)41(39,40)23-10-11-23/h1-2,6-7,14-15,23,25H,3-5,8-13,16-19H2. The highest BCUT2D eigenvalue weighted by Gasteiger charge is 2.59. The number of fused-ring (bicyclic) bond motifs is 3. The van der Waals surface area contributed by atoms with Gasteiger partial charge in [0.25, 0.3) is 0 Å². The van der Waals surface area contributed by atoms with E-state index >= 15 is 0 Å². The van der Waals surface area contributed by atoms with Gasteiger partial charge in [-0.25, -0.2) is 13.4 Å². The number of imidazole rings is 1. The van der Waals surface area contributed by atoms with Crippen LogP contribution in [0.3, 0.4) is 0 Å². The summed E-state index contributed by atoms with van der Waals surface area (Å²) in [7, 11) is -3.37. The van der Waals surface area contributed by atoms with E-state index in [1.54, 1.807) is 0 Å². The molecule has 1 saturated heterocycles. The van der Waals surface area contributed by atoms with Crippen molar-refractivity contribution < 1.29 is 26.4 Å². The fourth-order valence-electron chi connectivity index (χ4n) is 7.30. The molecule has 10 heteroatoms. The van der Waals surface area contributed by atoms with Crippen LogP contribution in [0.2, 0.25) is 0 Å². The number of nitrogens with zero attached hydrogens (tertiary/aromatic N) is 3. The summed E-state index contributed by atoms with van der Waals surface area (Å²) < 4.78 is 68.4. The number of halogens is 3. The van der Waals surface area contributed by atoms with Gasteiger partial charge < -0.3 is 4.57 Å². The van der Waals surface area contributed by atoms with Crippen LogP contribution in [0.15, 0.2) is 36.4 Å². The van der Waals surface area contributed by atoms with Gasteiger partial charge in [-0.1, -0.05) is 36.4 Å². The second-order valence-corrected chi connectivity index (χ2v) is 14.7. The van der Waals surface area contributed by atoms with Crippen molar-refractivity contribution in [3.05, 3.63) is 64.7 Å². The van der Waals surface area contributed by atoms with Gasteiger partial charge in [0, 0.05) is 38.2 Å². The van der Waals surface area contributed by atoms with Crippen LogP contribution in [0, 0.1) is 5.41 Å². The Morgan fingerprint density at radius 1 is 1.02 bits per heavy atom. The molecule has 4 aliphatic rings. The Labute approximate surface area is 238 Å². The van der Waals surface area contributed by atoms with Gasteiger partial charge in [-0.3, -0.25) is 4.79 Å². The van der Waals surface area contributed by atoms with E-state index in [2.05, 4.69) is 12.1 Å². The first-order valence-electron chi connectivity index (χ1n) is 14.7. The summed E-state index contributed by atoms with van der Waals surface area (Å²) in [5.74, 6) is 0.181. The Balaban J connectivity index is 1.26. The lowest BCUT2D eigenvalue weighted by Gasteiger charge is -2.52. The van der Waals surface area contributed by atoms with Crippen molar-refractivity contribution in [3.8, 4) is 0 Å². The highest BCUT2D eigenvalue weighted by Crippen LogP contribution is 2.49. The van der Waals surface area contributed by atoms with E-state index < -0.39 is 34.0 Å². The Hall–Kier alpha value is -2.72. The van der Waals surface area contributed by atoms with Crippen LogP contribution >= 0.6 is 0 Å². The molecule has 1 saturated carbocycles. The Morgan fingerprint density at radius 3 is 2.44 bits per heavy atom. The lowest BCUT2D eigenvalue weighted by atomic mass is 9.62. The number of benzene rings is 2.